The Morgan fingerprint density at radius 2 is 1.84 bits per heavy atom. The van der Waals surface area contributed by atoms with Crippen LogP contribution in [0, 0.1) is 12.8 Å². The van der Waals surface area contributed by atoms with Crippen molar-refractivity contribution in [2.45, 2.75) is 52.7 Å². The van der Waals surface area contributed by atoms with E-state index in [0.717, 1.165) is 41.1 Å². The molecule has 0 spiro atoms. The average molecular weight is 521 g/mol. The molecule has 2 aromatic heterocycles. The van der Waals surface area contributed by atoms with Crippen molar-refractivity contribution in [1.29, 1.82) is 0 Å². The number of aromatic nitrogens is 3. The normalized spacial score (nSPS) is 19.0. The molecule has 2 aliphatic heterocycles. The minimum atomic E-state index is -0.494. The van der Waals surface area contributed by atoms with Gasteiger partial charge in [-0.2, -0.15) is 5.10 Å². The molecule has 0 radical (unpaired) electrons. The lowest BCUT2D eigenvalue weighted by molar-refractivity contribution is -0.119. The SMILES string of the molecule is Cc1cnn2cc(-c3ccc(N4CCN(C(=O)OC(C)(C)C)CC4)cc3)nc(O[C@H](C)C3CNC(=O)C3)c12. The molecular weight excluding hydrogens is 484 g/mol. The molecule has 38 heavy (non-hydrogen) atoms. The van der Waals surface area contributed by atoms with Gasteiger partial charge in [-0.3, -0.25) is 4.79 Å². The molecule has 1 N–H and O–H groups in total. The van der Waals surface area contributed by atoms with Gasteiger partial charge >= 0.3 is 6.09 Å². The highest BCUT2D eigenvalue weighted by atomic mass is 16.6. The van der Waals surface area contributed by atoms with E-state index in [4.69, 9.17) is 14.5 Å². The van der Waals surface area contributed by atoms with Crippen LogP contribution < -0.4 is 15.0 Å². The zero-order chi connectivity index (χ0) is 27.0. The van der Waals surface area contributed by atoms with Crippen LogP contribution in [0.15, 0.2) is 36.7 Å². The summed E-state index contributed by atoms with van der Waals surface area (Å²) < 4.78 is 13.6. The number of nitrogens with zero attached hydrogens (tertiary/aromatic N) is 5. The molecule has 0 saturated carbocycles. The molecule has 2 fully saturated rings. The molecule has 202 valence electrons. The van der Waals surface area contributed by atoms with E-state index in [-0.39, 0.29) is 24.0 Å². The maximum atomic E-state index is 12.4. The van der Waals surface area contributed by atoms with Crippen molar-refractivity contribution >= 4 is 23.2 Å². The van der Waals surface area contributed by atoms with Crippen LogP contribution in [0.2, 0.25) is 0 Å². The summed E-state index contributed by atoms with van der Waals surface area (Å²) in [4.78, 5) is 33.0. The van der Waals surface area contributed by atoms with Crippen molar-refractivity contribution in [3.05, 3.63) is 42.2 Å². The molecule has 10 heteroatoms. The van der Waals surface area contributed by atoms with Gasteiger partial charge in [0.1, 0.15) is 17.2 Å². The van der Waals surface area contributed by atoms with Crippen LogP contribution in [0.25, 0.3) is 16.8 Å². The number of hydrogen-bond donors (Lipinski definition) is 1. The van der Waals surface area contributed by atoms with Crippen LogP contribution in [0.3, 0.4) is 0 Å². The second-order valence-corrected chi connectivity index (χ2v) is 11.1. The molecule has 0 bridgehead atoms. The van der Waals surface area contributed by atoms with E-state index in [9.17, 15) is 9.59 Å². The second-order valence-electron chi connectivity index (χ2n) is 11.1. The first-order valence-electron chi connectivity index (χ1n) is 13.2. The third-order valence-corrected chi connectivity index (χ3v) is 7.08. The van der Waals surface area contributed by atoms with Crippen molar-refractivity contribution in [1.82, 2.24) is 24.8 Å². The van der Waals surface area contributed by atoms with Gasteiger partial charge in [0.25, 0.3) is 0 Å². The first-order chi connectivity index (χ1) is 18.1. The molecule has 5 rings (SSSR count). The maximum Gasteiger partial charge on any atom is 0.410 e. The predicted molar refractivity (Wildman–Crippen MR) is 144 cm³/mol. The van der Waals surface area contributed by atoms with Gasteiger partial charge < -0.3 is 24.6 Å². The topological polar surface area (TPSA) is 101 Å². The third-order valence-electron chi connectivity index (χ3n) is 7.08. The van der Waals surface area contributed by atoms with E-state index in [2.05, 4.69) is 27.4 Å². The van der Waals surface area contributed by atoms with Gasteiger partial charge in [0.2, 0.25) is 11.8 Å². The maximum absolute atomic E-state index is 12.4. The number of anilines is 1. The summed E-state index contributed by atoms with van der Waals surface area (Å²) in [6, 6.07) is 8.26. The third kappa shape index (κ3) is 5.54. The summed E-state index contributed by atoms with van der Waals surface area (Å²) in [5.41, 5.74) is 4.12. The summed E-state index contributed by atoms with van der Waals surface area (Å²) in [5, 5.41) is 7.38. The fraction of sp³-hybridized carbons (Fsp3) is 0.500. The summed E-state index contributed by atoms with van der Waals surface area (Å²) >= 11 is 0. The number of aryl methyl sites for hydroxylation is 1. The number of piperazine rings is 1. The van der Waals surface area contributed by atoms with Gasteiger partial charge in [0.05, 0.1) is 18.1 Å². The van der Waals surface area contributed by atoms with Gasteiger partial charge in [-0.1, -0.05) is 12.1 Å². The molecule has 2 atom stereocenters. The van der Waals surface area contributed by atoms with E-state index < -0.39 is 5.60 Å². The fourth-order valence-electron chi connectivity index (χ4n) is 4.89. The van der Waals surface area contributed by atoms with Crippen LogP contribution in [0.1, 0.15) is 39.7 Å². The first-order valence-corrected chi connectivity index (χ1v) is 13.2. The van der Waals surface area contributed by atoms with E-state index in [1.165, 1.54) is 0 Å². The number of benzene rings is 1. The molecular formula is C28H36N6O4. The summed E-state index contributed by atoms with van der Waals surface area (Å²) in [5.74, 6) is 0.683. The number of carbonyl (C=O) groups excluding carboxylic acids is 2. The Hall–Kier alpha value is -3.82. The van der Waals surface area contributed by atoms with Gasteiger partial charge in [0, 0.05) is 61.9 Å². The van der Waals surface area contributed by atoms with Crippen LogP contribution in [0.5, 0.6) is 5.88 Å². The Morgan fingerprint density at radius 3 is 2.47 bits per heavy atom. The Balaban J connectivity index is 1.30. The largest absolute Gasteiger partial charge is 0.473 e. The summed E-state index contributed by atoms with van der Waals surface area (Å²) in [6.45, 7) is 13.0. The molecule has 10 nitrogen and oxygen atoms in total. The van der Waals surface area contributed by atoms with Crippen molar-refractivity contribution < 1.29 is 19.1 Å². The lowest BCUT2D eigenvalue weighted by atomic mass is 10.0. The quantitative estimate of drug-likeness (QED) is 0.548. The van der Waals surface area contributed by atoms with Crippen molar-refractivity contribution in [3.63, 3.8) is 0 Å². The van der Waals surface area contributed by atoms with Crippen molar-refractivity contribution in [2.75, 3.05) is 37.6 Å². The number of amides is 2. The van der Waals surface area contributed by atoms with Crippen molar-refractivity contribution in [3.8, 4) is 17.1 Å². The van der Waals surface area contributed by atoms with Gasteiger partial charge in [0.15, 0.2) is 0 Å². The first kappa shape index (κ1) is 25.8. The van der Waals surface area contributed by atoms with E-state index in [1.54, 1.807) is 11.1 Å². The molecule has 3 aromatic rings. The Morgan fingerprint density at radius 1 is 1.13 bits per heavy atom. The average Bonchev–Trinajstić information content (AvgIpc) is 3.49. The van der Waals surface area contributed by atoms with Crippen LogP contribution in [-0.4, -0.2) is 75.9 Å². The monoisotopic (exact) mass is 520 g/mol. The van der Waals surface area contributed by atoms with Gasteiger partial charge in [-0.15, -0.1) is 0 Å². The summed E-state index contributed by atoms with van der Waals surface area (Å²) in [6.07, 6.45) is 3.75. The highest BCUT2D eigenvalue weighted by molar-refractivity contribution is 5.78. The van der Waals surface area contributed by atoms with Crippen LogP contribution in [0.4, 0.5) is 10.5 Å². The Bertz CT molecular complexity index is 1320. The van der Waals surface area contributed by atoms with Crippen LogP contribution >= 0.6 is 0 Å². The molecule has 1 unspecified atom stereocenters. The molecule has 1 aromatic carbocycles. The Kier molecular flexibility index (Phi) is 6.90. The fourth-order valence-corrected chi connectivity index (χ4v) is 4.89. The zero-order valence-electron chi connectivity index (χ0n) is 22.7. The molecule has 4 heterocycles. The minimum Gasteiger partial charge on any atom is -0.473 e. The van der Waals surface area contributed by atoms with Crippen LogP contribution in [-0.2, 0) is 9.53 Å². The molecule has 2 amide bonds. The Labute approximate surface area is 222 Å². The highest BCUT2D eigenvalue weighted by Gasteiger charge is 2.29. The molecule has 2 saturated heterocycles. The lowest BCUT2D eigenvalue weighted by Gasteiger charge is -2.36. The number of fused-ring (bicyclic) bond motifs is 1. The number of carbonyl (C=O) groups is 2. The molecule has 0 aliphatic carbocycles. The standard InChI is InChI=1S/C28H36N6O4/c1-18-15-30-34-17-23(31-26(25(18)34)37-19(2)21-14-24(35)29-16-21)20-6-8-22(9-7-20)32-10-12-33(13-11-32)27(36)38-28(3,4)5/h6-9,15,17,19,21H,10-14,16H2,1-5H3,(H,29,35)/t19-,21?/m1/s1. The van der Waals surface area contributed by atoms with E-state index in [1.807, 2.05) is 57.5 Å². The molecule has 2 aliphatic rings. The highest BCUT2D eigenvalue weighted by Crippen LogP contribution is 2.30. The number of rotatable bonds is 5. The van der Waals surface area contributed by atoms with Gasteiger partial charge in [-0.05, 0) is 46.8 Å². The smallest absolute Gasteiger partial charge is 0.410 e. The number of hydrogen-bond acceptors (Lipinski definition) is 7. The second kappa shape index (κ2) is 10.2. The van der Waals surface area contributed by atoms with E-state index >= 15 is 0 Å². The lowest BCUT2D eigenvalue weighted by Crippen LogP contribution is -2.50. The predicted octanol–water partition coefficient (Wildman–Crippen LogP) is 3.67. The number of ether oxygens (including phenoxy) is 2. The number of nitrogens with one attached hydrogen (secondary N) is 1. The van der Waals surface area contributed by atoms with Crippen molar-refractivity contribution in [2.24, 2.45) is 5.92 Å². The minimum absolute atomic E-state index is 0.0594. The van der Waals surface area contributed by atoms with Gasteiger partial charge in [-0.25, -0.2) is 14.3 Å². The summed E-state index contributed by atoms with van der Waals surface area (Å²) in [7, 11) is 0. The van der Waals surface area contributed by atoms with E-state index in [0.29, 0.717) is 31.9 Å². The zero-order valence-corrected chi connectivity index (χ0v) is 22.7.